The Kier molecular flexibility index (Phi) is 3.34. The number of phenolic OH excluding ortho intramolecular Hbond substituents is 1. The van der Waals surface area contributed by atoms with Crippen molar-refractivity contribution in [3.63, 3.8) is 0 Å². The lowest BCUT2D eigenvalue weighted by atomic mass is 10.1. The van der Waals surface area contributed by atoms with Crippen molar-refractivity contribution in [2.24, 2.45) is 0 Å². The molecule has 0 bridgehead atoms. The quantitative estimate of drug-likeness (QED) is 0.819. The van der Waals surface area contributed by atoms with Crippen molar-refractivity contribution in [2.45, 2.75) is 32.3 Å². The third-order valence-corrected chi connectivity index (χ3v) is 3.05. The van der Waals surface area contributed by atoms with Gasteiger partial charge in [-0.3, -0.25) is 0 Å². The molecular formula is C13H19NO2. The Morgan fingerprint density at radius 1 is 1.31 bits per heavy atom. The maximum absolute atomic E-state index is 9.70. The van der Waals surface area contributed by atoms with Crippen molar-refractivity contribution in [1.82, 2.24) is 0 Å². The van der Waals surface area contributed by atoms with E-state index in [2.05, 4.69) is 4.90 Å². The molecule has 1 atom stereocenters. The second-order valence-corrected chi connectivity index (χ2v) is 4.56. The topological polar surface area (TPSA) is 43.7 Å². The molecule has 1 saturated heterocycles. The van der Waals surface area contributed by atoms with Gasteiger partial charge in [0.25, 0.3) is 0 Å². The van der Waals surface area contributed by atoms with E-state index in [1.54, 1.807) is 13.0 Å². The molecule has 1 heterocycles. The Balaban J connectivity index is 2.20. The van der Waals surface area contributed by atoms with E-state index in [4.69, 9.17) is 0 Å². The highest BCUT2D eigenvalue weighted by molar-refractivity contribution is 5.53. The van der Waals surface area contributed by atoms with Crippen LogP contribution in [0.4, 0.5) is 5.69 Å². The van der Waals surface area contributed by atoms with Crippen LogP contribution < -0.4 is 4.90 Å². The lowest BCUT2D eigenvalue weighted by Crippen LogP contribution is -2.17. The van der Waals surface area contributed by atoms with Gasteiger partial charge in [0, 0.05) is 25.2 Å². The summed E-state index contributed by atoms with van der Waals surface area (Å²) in [4.78, 5) is 2.32. The molecule has 3 nitrogen and oxygen atoms in total. The third kappa shape index (κ3) is 2.47. The van der Waals surface area contributed by atoms with Crippen LogP contribution in [0.25, 0.3) is 0 Å². The van der Waals surface area contributed by atoms with E-state index >= 15 is 0 Å². The van der Waals surface area contributed by atoms with Crippen LogP contribution in [-0.4, -0.2) is 29.4 Å². The highest BCUT2D eigenvalue weighted by atomic mass is 16.3. The van der Waals surface area contributed by atoms with Crippen molar-refractivity contribution in [2.75, 3.05) is 18.0 Å². The minimum absolute atomic E-state index is 0.281. The molecule has 0 amide bonds. The first-order valence-electron chi connectivity index (χ1n) is 5.92. The van der Waals surface area contributed by atoms with Crippen LogP contribution >= 0.6 is 0 Å². The standard InChI is InChI=1S/C13H19NO2/c1-10(15)8-11-9-12(4-5-13(11)16)14-6-2-3-7-14/h4-5,9-10,15-16H,2-3,6-8H2,1H3. The number of aromatic hydroxyl groups is 1. The van der Waals surface area contributed by atoms with E-state index in [1.165, 1.54) is 12.8 Å². The highest BCUT2D eigenvalue weighted by Gasteiger charge is 2.14. The molecule has 0 saturated carbocycles. The van der Waals surface area contributed by atoms with E-state index in [9.17, 15) is 10.2 Å². The van der Waals surface area contributed by atoms with Crippen LogP contribution in [0.5, 0.6) is 5.75 Å². The molecule has 16 heavy (non-hydrogen) atoms. The van der Waals surface area contributed by atoms with Gasteiger partial charge < -0.3 is 15.1 Å². The van der Waals surface area contributed by atoms with Crippen LogP contribution in [0.15, 0.2) is 18.2 Å². The molecule has 0 aromatic heterocycles. The Morgan fingerprint density at radius 2 is 2.00 bits per heavy atom. The minimum atomic E-state index is -0.417. The zero-order valence-electron chi connectivity index (χ0n) is 9.69. The molecule has 1 aliphatic rings. The Bertz CT molecular complexity index is 357. The lowest BCUT2D eigenvalue weighted by molar-refractivity contribution is 0.194. The first kappa shape index (κ1) is 11.3. The number of phenols is 1. The van der Waals surface area contributed by atoms with Crippen LogP contribution in [0.1, 0.15) is 25.3 Å². The molecule has 0 aliphatic carbocycles. The maximum atomic E-state index is 9.70. The molecule has 2 rings (SSSR count). The van der Waals surface area contributed by atoms with Crippen molar-refractivity contribution in [3.05, 3.63) is 23.8 Å². The summed E-state index contributed by atoms with van der Waals surface area (Å²) in [5, 5.41) is 19.1. The van der Waals surface area contributed by atoms with E-state index < -0.39 is 6.10 Å². The number of aliphatic hydroxyl groups is 1. The van der Waals surface area contributed by atoms with Gasteiger partial charge in [-0.05, 0) is 43.5 Å². The van der Waals surface area contributed by atoms with Gasteiger partial charge in [-0.15, -0.1) is 0 Å². The minimum Gasteiger partial charge on any atom is -0.508 e. The van der Waals surface area contributed by atoms with Crippen molar-refractivity contribution in [3.8, 4) is 5.75 Å². The van der Waals surface area contributed by atoms with Gasteiger partial charge in [0.2, 0.25) is 0 Å². The maximum Gasteiger partial charge on any atom is 0.119 e. The molecule has 0 spiro atoms. The first-order valence-corrected chi connectivity index (χ1v) is 5.92. The Morgan fingerprint density at radius 3 is 2.62 bits per heavy atom. The summed E-state index contributed by atoms with van der Waals surface area (Å²) in [5.41, 5.74) is 1.99. The molecule has 1 fully saturated rings. The summed E-state index contributed by atoms with van der Waals surface area (Å²) in [5.74, 6) is 0.281. The smallest absolute Gasteiger partial charge is 0.119 e. The summed E-state index contributed by atoms with van der Waals surface area (Å²) in [7, 11) is 0. The number of aliphatic hydroxyl groups excluding tert-OH is 1. The molecule has 1 aromatic carbocycles. The predicted octanol–water partition coefficient (Wildman–Crippen LogP) is 1.92. The second-order valence-electron chi connectivity index (χ2n) is 4.56. The van der Waals surface area contributed by atoms with Crippen molar-refractivity contribution >= 4 is 5.69 Å². The molecule has 88 valence electrons. The van der Waals surface area contributed by atoms with Crippen molar-refractivity contribution < 1.29 is 10.2 Å². The largest absolute Gasteiger partial charge is 0.508 e. The van der Waals surface area contributed by atoms with Gasteiger partial charge >= 0.3 is 0 Å². The molecule has 0 radical (unpaired) electrons. The summed E-state index contributed by atoms with van der Waals surface area (Å²) >= 11 is 0. The highest BCUT2D eigenvalue weighted by Crippen LogP contribution is 2.27. The summed E-state index contributed by atoms with van der Waals surface area (Å²) in [6, 6.07) is 5.67. The molecule has 2 N–H and O–H groups in total. The van der Waals surface area contributed by atoms with Crippen molar-refractivity contribution in [1.29, 1.82) is 0 Å². The fourth-order valence-corrected chi connectivity index (χ4v) is 2.23. The number of benzene rings is 1. The van der Waals surface area contributed by atoms with Crippen LogP contribution in [0.2, 0.25) is 0 Å². The lowest BCUT2D eigenvalue weighted by Gasteiger charge is -2.19. The second kappa shape index (κ2) is 4.74. The monoisotopic (exact) mass is 221 g/mol. The molecule has 3 heteroatoms. The summed E-state index contributed by atoms with van der Waals surface area (Å²) < 4.78 is 0. The van der Waals surface area contributed by atoms with E-state index in [0.717, 1.165) is 24.3 Å². The third-order valence-electron chi connectivity index (χ3n) is 3.05. The van der Waals surface area contributed by atoms with Gasteiger partial charge in [-0.25, -0.2) is 0 Å². The van der Waals surface area contributed by atoms with Crippen LogP contribution in [0.3, 0.4) is 0 Å². The molecule has 1 aromatic rings. The summed E-state index contributed by atoms with van der Waals surface area (Å²) in [6.45, 7) is 3.93. The molecule has 1 aliphatic heterocycles. The first-order chi connectivity index (χ1) is 7.66. The normalized spacial score (nSPS) is 17.8. The van der Waals surface area contributed by atoms with Crippen LogP contribution in [0, 0.1) is 0 Å². The van der Waals surface area contributed by atoms with Gasteiger partial charge in [0.1, 0.15) is 5.75 Å². The Hall–Kier alpha value is -1.22. The fourth-order valence-electron chi connectivity index (χ4n) is 2.23. The van der Waals surface area contributed by atoms with E-state index in [1.807, 2.05) is 12.1 Å². The average Bonchev–Trinajstić information content (AvgIpc) is 2.73. The van der Waals surface area contributed by atoms with Gasteiger partial charge in [-0.2, -0.15) is 0 Å². The predicted molar refractivity (Wildman–Crippen MR) is 64.9 cm³/mol. The van der Waals surface area contributed by atoms with E-state index in [-0.39, 0.29) is 5.75 Å². The van der Waals surface area contributed by atoms with Crippen LogP contribution in [-0.2, 0) is 6.42 Å². The zero-order chi connectivity index (χ0) is 11.5. The number of rotatable bonds is 3. The fraction of sp³-hybridized carbons (Fsp3) is 0.538. The van der Waals surface area contributed by atoms with Gasteiger partial charge in [0.05, 0.1) is 6.10 Å². The SMILES string of the molecule is CC(O)Cc1cc(N2CCCC2)ccc1O. The van der Waals surface area contributed by atoms with Gasteiger partial charge in [-0.1, -0.05) is 0 Å². The number of hydrogen-bond acceptors (Lipinski definition) is 3. The number of nitrogens with zero attached hydrogens (tertiary/aromatic N) is 1. The van der Waals surface area contributed by atoms with Gasteiger partial charge in [0.15, 0.2) is 0 Å². The van der Waals surface area contributed by atoms with E-state index in [0.29, 0.717) is 6.42 Å². The molecule has 1 unspecified atom stereocenters. The number of anilines is 1. The number of hydrogen-bond donors (Lipinski definition) is 2. The Labute approximate surface area is 96.3 Å². The summed E-state index contributed by atoms with van der Waals surface area (Å²) in [6.07, 6.45) is 2.58. The average molecular weight is 221 g/mol. The zero-order valence-corrected chi connectivity index (χ0v) is 9.69. The molecular weight excluding hydrogens is 202 g/mol.